The number of para-hydroxylation sites is 1. The molecule has 0 spiro atoms. The quantitative estimate of drug-likeness (QED) is 0.486. The van der Waals surface area contributed by atoms with Crippen LogP contribution in [0.2, 0.25) is 0 Å². The minimum atomic E-state index is -1.42. The van der Waals surface area contributed by atoms with Gasteiger partial charge in [-0.2, -0.15) is 4.98 Å². The summed E-state index contributed by atoms with van der Waals surface area (Å²) in [7, 11) is 3.77. The van der Waals surface area contributed by atoms with Crippen LogP contribution in [0.25, 0.3) is 20.8 Å². The van der Waals surface area contributed by atoms with E-state index in [9.17, 15) is 15.3 Å². The molecule has 2 fully saturated rings. The van der Waals surface area contributed by atoms with Gasteiger partial charge in [-0.1, -0.05) is 19.1 Å². The highest BCUT2D eigenvalue weighted by atomic mass is 32.1. The third-order valence-electron chi connectivity index (χ3n) is 6.24. The lowest BCUT2D eigenvalue weighted by molar-refractivity contribution is -0.0262. The Balaban J connectivity index is 1.60. The molecule has 158 valence electrons. The molecule has 1 aromatic carbocycles. The van der Waals surface area contributed by atoms with Crippen LogP contribution in [0.3, 0.4) is 0 Å². The minimum absolute atomic E-state index is 0.309. The minimum Gasteiger partial charge on any atom is -0.390 e. The van der Waals surface area contributed by atoms with E-state index in [-0.39, 0.29) is 5.92 Å². The molecule has 0 radical (unpaired) electrons. The van der Waals surface area contributed by atoms with E-state index in [2.05, 4.69) is 5.32 Å². The molecular formula is C21H25N5O3S. The molecular weight excluding hydrogens is 402 g/mol. The summed E-state index contributed by atoms with van der Waals surface area (Å²) in [6.07, 6.45) is -0.755. The lowest BCUT2D eigenvalue weighted by Gasteiger charge is -2.25. The number of aliphatic hydroxyl groups excluding tert-OH is 2. The zero-order valence-corrected chi connectivity index (χ0v) is 17.9. The Bertz CT molecular complexity index is 1090. The fraction of sp³-hybridized carbons (Fsp3) is 0.476. The standard InChI is InChI=1S/C21H25N5O3S/c1-4-11-15(19-23-12-7-5-6-8-14(12)30-19)18(25-20(24-11)26(2)3)22-13-9-10-16(27)21(10,29)17(13)28/h5-8,10,13,16-17,27-29H,4,9H2,1-3H3,(H,22,24,25)/t10-,13-,16?,17+,21+/m1/s1. The number of nitrogens with one attached hydrogen (secondary N) is 1. The Labute approximate surface area is 178 Å². The molecule has 1 unspecified atom stereocenters. The van der Waals surface area contributed by atoms with Crippen molar-refractivity contribution < 1.29 is 15.3 Å². The van der Waals surface area contributed by atoms with Crippen molar-refractivity contribution >= 4 is 33.3 Å². The van der Waals surface area contributed by atoms with E-state index in [4.69, 9.17) is 15.0 Å². The van der Waals surface area contributed by atoms with Gasteiger partial charge in [-0.15, -0.1) is 11.3 Å². The van der Waals surface area contributed by atoms with Crippen LogP contribution in [0.4, 0.5) is 11.8 Å². The molecule has 4 N–H and O–H groups in total. The van der Waals surface area contributed by atoms with Gasteiger partial charge in [0.25, 0.3) is 0 Å². The normalized spacial score (nSPS) is 29.8. The second-order valence-electron chi connectivity index (χ2n) is 8.30. The van der Waals surface area contributed by atoms with Gasteiger partial charge >= 0.3 is 0 Å². The number of thiazole rings is 1. The van der Waals surface area contributed by atoms with Gasteiger partial charge in [-0.05, 0) is 25.0 Å². The summed E-state index contributed by atoms with van der Waals surface area (Å²) in [6.45, 7) is 2.04. The summed E-state index contributed by atoms with van der Waals surface area (Å²) < 4.78 is 1.08. The first-order valence-corrected chi connectivity index (χ1v) is 11.0. The first-order valence-electron chi connectivity index (χ1n) is 10.1. The fourth-order valence-corrected chi connectivity index (χ4v) is 5.49. The number of hydrogen-bond donors (Lipinski definition) is 4. The average Bonchev–Trinajstić information content (AvgIpc) is 3.04. The lowest BCUT2D eigenvalue weighted by atomic mass is 10.1. The number of fused-ring (bicyclic) bond motifs is 2. The third kappa shape index (κ3) is 2.80. The maximum Gasteiger partial charge on any atom is 0.227 e. The molecule has 2 saturated carbocycles. The molecule has 0 bridgehead atoms. The summed E-state index contributed by atoms with van der Waals surface area (Å²) in [5, 5.41) is 35.2. The second-order valence-corrected chi connectivity index (χ2v) is 9.33. The highest BCUT2D eigenvalue weighted by Crippen LogP contribution is 2.56. The van der Waals surface area contributed by atoms with Crippen molar-refractivity contribution in [3.8, 4) is 10.6 Å². The summed E-state index contributed by atoms with van der Waals surface area (Å²) in [6, 6.07) is 7.56. The van der Waals surface area contributed by atoms with E-state index in [1.807, 2.05) is 50.2 Å². The van der Waals surface area contributed by atoms with Gasteiger partial charge in [0.1, 0.15) is 22.5 Å². The number of hydrogen-bond acceptors (Lipinski definition) is 9. The van der Waals surface area contributed by atoms with Crippen molar-refractivity contribution in [3.63, 3.8) is 0 Å². The largest absolute Gasteiger partial charge is 0.390 e. The Morgan fingerprint density at radius 1 is 1.17 bits per heavy atom. The first-order chi connectivity index (χ1) is 14.3. The van der Waals surface area contributed by atoms with Crippen molar-refractivity contribution in [2.24, 2.45) is 5.92 Å². The van der Waals surface area contributed by atoms with Gasteiger partial charge in [0.05, 0.1) is 33.6 Å². The number of aromatic nitrogens is 3. The van der Waals surface area contributed by atoms with Crippen LogP contribution in [-0.4, -0.2) is 68.2 Å². The molecule has 0 amide bonds. The van der Waals surface area contributed by atoms with E-state index in [0.29, 0.717) is 24.6 Å². The Kier molecular flexibility index (Phi) is 4.48. The van der Waals surface area contributed by atoms with Crippen LogP contribution in [0.15, 0.2) is 24.3 Å². The van der Waals surface area contributed by atoms with Crippen molar-refractivity contribution in [2.45, 2.75) is 43.6 Å². The maximum atomic E-state index is 10.6. The van der Waals surface area contributed by atoms with Crippen LogP contribution in [0.5, 0.6) is 0 Å². The molecule has 5 atom stereocenters. The highest BCUT2D eigenvalue weighted by molar-refractivity contribution is 7.21. The van der Waals surface area contributed by atoms with E-state index in [1.165, 1.54) is 0 Å². The molecule has 30 heavy (non-hydrogen) atoms. The summed E-state index contributed by atoms with van der Waals surface area (Å²) in [4.78, 5) is 16.1. The Hall–Kier alpha value is -2.33. The van der Waals surface area contributed by atoms with Gasteiger partial charge in [0, 0.05) is 20.0 Å². The molecule has 2 aliphatic rings. The van der Waals surface area contributed by atoms with Gasteiger partial charge in [-0.3, -0.25) is 0 Å². The monoisotopic (exact) mass is 427 g/mol. The molecule has 2 heterocycles. The maximum absolute atomic E-state index is 10.6. The fourth-order valence-electron chi connectivity index (χ4n) is 4.45. The number of rotatable bonds is 5. The van der Waals surface area contributed by atoms with Gasteiger partial charge in [0.2, 0.25) is 5.95 Å². The molecule has 9 heteroatoms. The molecule has 8 nitrogen and oxygen atoms in total. The number of aryl methyl sites for hydroxylation is 1. The Morgan fingerprint density at radius 3 is 2.57 bits per heavy atom. The van der Waals surface area contributed by atoms with Crippen LogP contribution in [-0.2, 0) is 6.42 Å². The second kappa shape index (κ2) is 6.84. The topological polar surface area (TPSA) is 115 Å². The molecule has 5 rings (SSSR count). The zero-order chi connectivity index (χ0) is 21.2. The van der Waals surface area contributed by atoms with E-state index in [0.717, 1.165) is 26.5 Å². The predicted molar refractivity (Wildman–Crippen MR) is 117 cm³/mol. The van der Waals surface area contributed by atoms with Crippen molar-refractivity contribution in [1.29, 1.82) is 0 Å². The van der Waals surface area contributed by atoms with E-state index < -0.39 is 23.9 Å². The van der Waals surface area contributed by atoms with Crippen LogP contribution >= 0.6 is 11.3 Å². The first kappa shape index (κ1) is 19.6. The number of aliphatic hydroxyl groups is 3. The molecule has 0 aliphatic heterocycles. The smallest absolute Gasteiger partial charge is 0.227 e. The van der Waals surface area contributed by atoms with Crippen molar-refractivity contribution in [2.75, 3.05) is 24.3 Å². The molecule has 0 saturated heterocycles. The molecule has 2 aromatic heterocycles. The zero-order valence-electron chi connectivity index (χ0n) is 17.1. The number of anilines is 2. The SMILES string of the molecule is CCc1nc(N(C)C)nc(N[C@@H]2C[C@@H]3C(O)[C@]3(O)[C@H]2O)c1-c1nc2ccccc2s1. The van der Waals surface area contributed by atoms with Gasteiger partial charge in [-0.25, -0.2) is 9.97 Å². The van der Waals surface area contributed by atoms with Crippen LogP contribution in [0.1, 0.15) is 19.0 Å². The molecule has 3 aromatic rings. The molecule has 2 aliphatic carbocycles. The van der Waals surface area contributed by atoms with E-state index >= 15 is 0 Å². The highest BCUT2D eigenvalue weighted by Gasteiger charge is 2.74. The van der Waals surface area contributed by atoms with Crippen molar-refractivity contribution in [1.82, 2.24) is 15.0 Å². The number of benzene rings is 1. The third-order valence-corrected chi connectivity index (χ3v) is 7.29. The van der Waals surface area contributed by atoms with Crippen LogP contribution in [0, 0.1) is 5.92 Å². The average molecular weight is 428 g/mol. The van der Waals surface area contributed by atoms with Crippen molar-refractivity contribution in [3.05, 3.63) is 30.0 Å². The van der Waals surface area contributed by atoms with Gasteiger partial charge in [0.15, 0.2) is 0 Å². The summed E-state index contributed by atoms with van der Waals surface area (Å²) >= 11 is 1.58. The Morgan fingerprint density at radius 2 is 1.93 bits per heavy atom. The predicted octanol–water partition coefficient (Wildman–Crippen LogP) is 1.65. The number of nitrogens with zero attached hydrogens (tertiary/aromatic N) is 4. The summed E-state index contributed by atoms with van der Waals surface area (Å²) in [5.41, 5.74) is 1.19. The van der Waals surface area contributed by atoms with Crippen LogP contribution < -0.4 is 10.2 Å². The van der Waals surface area contributed by atoms with Gasteiger partial charge < -0.3 is 25.5 Å². The van der Waals surface area contributed by atoms with E-state index in [1.54, 1.807) is 11.3 Å². The lowest BCUT2D eigenvalue weighted by Crippen LogP contribution is -2.42. The summed E-state index contributed by atoms with van der Waals surface area (Å²) in [5.74, 6) is 0.848.